The number of nitrogens with one attached hydrogen (secondary N) is 1. The van der Waals surface area contributed by atoms with Gasteiger partial charge in [0.25, 0.3) is 5.91 Å². The molecule has 1 N–H and O–H groups in total. The Bertz CT molecular complexity index is 1150. The molecule has 2 aliphatic rings. The summed E-state index contributed by atoms with van der Waals surface area (Å²) in [6.07, 6.45) is 3.22. The highest BCUT2D eigenvalue weighted by Gasteiger charge is 2.34. The molecule has 32 heavy (non-hydrogen) atoms. The zero-order chi connectivity index (χ0) is 22.7. The number of aliphatic imine (C=N–C) groups is 1. The Morgan fingerprint density at radius 2 is 1.94 bits per heavy atom. The monoisotopic (exact) mass is 449 g/mol. The zero-order valence-corrected chi connectivity index (χ0v) is 18.9. The van der Waals surface area contributed by atoms with Gasteiger partial charge < -0.3 is 14.3 Å². The topological polar surface area (TPSA) is 84.2 Å². The van der Waals surface area contributed by atoms with Gasteiger partial charge in [0.15, 0.2) is 23.2 Å². The normalized spacial score (nSPS) is 16.5. The third-order valence-electron chi connectivity index (χ3n) is 4.81. The summed E-state index contributed by atoms with van der Waals surface area (Å²) in [6.45, 7) is 4.33. The van der Waals surface area contributed by atoms with E-state index in [1.54, 1.807) is 50.1 Å². The molecule has 0 saturated heterocycles. The van der Waals surface area contributed by atoms with Crippen LogP contribution in [0.3, 0.4) is 0 Å². The lowest BCUT2D eigenvalue weighted by molar-refractivity contribution is -0.114. The number of amidine groups is 2. The zero-order valence-electron chi connectivity index (χ0n) is 18.0. The molecule has 2 aromatic rings. The number of methoxy groups -OCH3 is 1. The molecule has 0 saturated carbocycles. The first-order valence-corrected chi connectivity index (χ1v) is 11.0. The maximum Gasteiger partial charge on any atom is 0.282 e. The molecule has 0 spiro atoms. The highest BCUT2D eigenvalue weighted by molar-refractivity contribution is 7.99. The number of rotatable bonds is 7. The molecule has 1 amide bonds. The SMILES string of the molecule is COc1cc(/C=C2\C(=N)N3OC(C)=CC3=NC2=O)ccc1OCCSc1ccc(C)cc1. The Kier molecular flexibility index (Phi) is 6.32. The molecule has 0 aromatic heterocycles. The minimum absolute atomic E-state index is 0.0551. The highest BCUT2D eigenvalue weighted by atomic mass is 32.2. The van der Waals surface area contributed by atoms with Gasteiger partial charge in [-0.05, 0) is 49.8 Å². The third kappa shape index (κ3) is 4.70. The smallest absolute Gasteiger partial charge is 0.282 e. The lowest BCUT2D eigenvalue weighted by atomic mass is 10.1. The summed E-state index contributed by atoms with van der Waals surface area (Å²) in [7, 11) is 1.57. The van der Waals surface area contributed by atoms with Crippen LogP contribution in [0.15, 0.2) is 69.8 Å². The fraction of sp³-hybridized carbons (Fsp3) is 0.208. The number of aryl methyl sites for hydroxylation is 1. The largest absolute Gasteiger partial charge is 0.493 e. The fourth-order valence-electron chi connectivity index (χ4n) is 3.21. The van der Waals surface area contributed by atoms with E-state index in [9.17, 15) is 4.79 Å². The van der Waals surface area contributed by atoms with Crippen LogP contribution in [0.2, 0.25) is 0 Å². The van der Waals surface area contributed by atoms with Crippen molar-refractivity contribution in [3.8, 4) is 11.5 Å². The molecule has 4 rings (SSSR count). The Morgan fingerprint density at radius 3 is 2.69 bits per heavy atom. The van der Waals surface area contributed by atoms with Gasteiger partial charge in [0.1, 0.15) is 5.76 Å². The fourth-order valence-corrected chi connectivity index (χ4v) is 3.94. The maximum atomic E-state index is 12.4. The lowest BCUT2D eigenvalue weighted by Gasteiger charge is -2.23. The van der Waals surface area contributed by atoms with Crippen molar-refractivity contribution in [1.82, 2.24) is 5.06 Å². The van der Waals surface area contributed by atoms with Crippen molar-refractivity contribution in [3.05, 3.63) is 71.0 Å². The number of ether oxygens (including phenoxy) is 2. The summed E-state index contributed by atoms with van der Waals surface area (Å²) in [6, 6.07) is 13.8. The summed E-state index contributed by atoms with van der Waals surface area (Å²) >= 11 is 1.73. The van der Waals surface area contributed by atoms with E-state index in [1.165, 1.54) is 15.5 Å². The van der Waals surface area contributed by atoms with Gasteiger partial charge in [0.2, 0.25) is 0 Å². The van der Waals surface area contributed by atoms with Gasteiger partial charge in [0.05, 0.1) is 19.3 Å². The lowest BCUT2D eigenvalue weighted by Crippen LogP contribution is -2.38. The van der Waals surface area contributed by atoms with Crippen molar-refractivity contribution >= 4 is 35.4 Å². The molecule has 0 radical (unpaired) electrons. The Balaban J connectivity index is 1.42. The van der Waals surface area contributed by atoms with Crippen molar-refractivity contribution in [2.75, 3.05) is 19.5 Å². The van der Waals surface area contributed by atoms with Gasteiger partial charge >= 0.3 is 0 Å². The van der Waals surface area contributed by atoms with E-state index in [4.69, 9.17) is 19.7 Å². The molecular weight excluding hydrogens is 426 g/mol. The van der Waals surface area contributed by atoms with Crippen molar-refractivity contribution in [2.24, 2.45) is 4.99 Å². The molecule has 7 nitrogen and oxygen atoms in total. The van der Waals surface area contributed by atoms with Crippen LogP contribution < -0.4 is 9.47 Å². The second kappa shape index (κ2) is 9.32. The number of carbonyl (C=O) groups excluding carboxylic acids is 1. The van der Waals surface area contributed by atoms with Crippen molar-refractivity contribution in [3.63, 3.8) is 0 Å². The Labute approximate surface area is 190 Å². The third-order valence-corrected chi connectivity index (χ3v) is 5.79. The number of hydroxylamine groups is 2. The van der Waals surface area contributed by atoms with Crippen molar-refractivity contribution < 1.29 is 19.1 Å². The summed E-state index contributed by atoms with van der Waals surface area (Å²) in [5, 5.41) is 9.56. The molecule has 0 fully saturated rings. The average molecular weight is 450 g/mol. The number of nitrogens with zero attached hydrogens (tertiary/aromatic N) is 2. The van der Waals surface area contributed by atoms with Crippen LogP contribution in [-0.2, 0) is 9.63 Å². The summed E-state index contributed by atoms with van der Waals surface area (Å²) in [5.74, 6) is 2.32. The molecule has 164 valence electrons. The van der Waals surface area contributed by atoms with Gasteiger partial charge in [-0.15, -0.1) is 16.8 Å². The predicted octanol–water partition coefficient (Wildman–Crippen LogP) is 4.63. The van der Waals surface area contributed by atoms with Crippen LogP contribution in [0.4, 0.5) is 0 Å². The van der Waals surface area contributed by atoms with Crippen LogP contribution in [0.25, 0.3) is 6.08 Å². The predicted molar refractivity (Wildman–Crippen MR) is 125 cm³/mol. The minimum Gasteiger partial charge on any atom is -0.493 e. The first kappa shape index (κ1) is 21.7. The number of carbonyl (C=O) groups is 1. The molecular formula is C24H23N3O4S. The first-order valence-electron chi connectivity index (χ1n) is 10.0. The average Bonchev–Trinajstić information content (AvgIpc) is 3.16. The van der Waals surface area contributed by atoms with Crippen LogP contribution in [0.1, 0.15) is 18.1 Å². The van der Waals surface area contributed by atoms with Crippen LogP contribution >= 0.6 is 11.8 Å². The maximum absolute atomic E-state index is 12.4. The van der Waals surface area contributed by atoms with Crippen LogP contribution in [0.5, 0.6) is 11.5 Å². The molecule has 0 unspecified atom stereocenters. The van der Waals surface area contributed by atoms with Gasteiger partial charge in [-0.3, -0.25) is 10.2 Å². The second-order valence-corrected chi connectivity index (χ2v) is 8.41. The van der Waals surface area contributed by atoms with Gasteiger partial charge in [0, 0.05) is 16.7 Å². The number of amides is 1. The number of fused-ring (bicyclic) bond motifs is 1. The van der Waals surface area contributed by atoms with E-state index in [2.05, 4.69) is 36.2 Å². The van der Waals surface area contributed by atoms with Gasteiger partial charge in [-0.2, -0.15) is 4.99 Å². The number of hydrogen-bond donors (Lipinski definition) is 1. The Morgan fingerprint density at radius 1 is 1.16 bits per heavy atom. The van der Waals surface area contributed by atoms with Crippen LogP contribution in [-0.4, -0.2) is 42.1 Å². The summed E-state index contributed by atoms with van der Waals surface area (Å²) in [5.41, 5.74) is 2.07. The number of allylic oxidation sites excluding steroid dienone is 1. The standard InChI is InChI=1S/C24H23N3O4S/c1-15-4-7-18(8-5-15)32-11-10-30-20-9-6-17(14-21(20)29-3)13-19-23(25)27-22(26-24(19)28)12-16(2)31-27/h4-9,12-14,25H,10-11H2,1-3H3/b19-13+,25-23?. The Hall–Kier alpha value is -3.52. The van der Waals surface area contributed by atoms with E-state index in [-0.39, 0.29) is 11.4 Å². The first-order chi connectivity index (χ1) is 15.4. The number of hydrogen-bond acceptors (Lipinski definition) is 6. The van der Waals surface area contributed by atoms with E-state index in [0.29, 0.717) is 35.3 Å². The minimum atomic E-state index is -0.483. The molecule has 0 atom stereocenters. The van der Waals surface area contributed by atoms with E-state index in [0.717, 1.165) is 5.75 Å². The quantitative estimate of drug-likeness (QED) is 0.377. The molecule has 2 aliphatic heterocycles. The summed E-state index contributed by atoms with van der Waals surface area (Å²) < 4.78 is 11.4. The van der Waals surface area contributed by atoms with Crippen molar-refractivity contribution in [2.45, 2.75) is 18.7 Å². The van der Waals surface area contributed by atoms with Crippen molar-refractivity contribution in [1.29, 1.82) is 5.41 Å². The summed E-state index contributed by atoms with van der Waals surface area (Å²) in [4.78, 5) is 23.1. The van der Waals surface area contributed by atoms with Crippen LogP contribution in [0, 0.1) is 12.3 Å². The number of thioether (sulfide) groups is 1. The molecule has 0 bridgehead atoms. The van der Waals surface area contributed by atoms with E-state index < -0.39 is 5.91 Å². The second-order valence-electron chi connectivity index (χ2n) is 7.24. The van der Waals surface area contributed by atoms with Gasteiger partial charge in [-0.1, -0.05) is 23.8 Å². The van der Waals surface area contributed by atoms with E-state index in [1.807, 2.05) is 6.07 Å². The van der Waals surface area contributed by atoms with Gasteiger partial charge in [-0.25, -0.2) is 0 Å². The molecule has 2 heterocycles. The highest BCUT2D eigenvalue weighted by Crippen LogP contribution is 2.30. The molecule has 2 aromatic carbocycles. The van der Waals surface area contributed by atoms with E-state index >= 15 is 0 Å². The number of benzene rings is 2. The molecule has 0 aliphatic carbocycles. The molecule has 8 heteroatoms.